The molecule has 1 aromatic heterocycles. The molecule has 262 valence electrons. The number of halogens is 5. The number of methoxy groups -OCH3 is 1. The summed E-state index contributed by atoms with van der Waals surface area (Å²) in [6, 6.07) is 0.156. The van der Waals surface area contributed by atoms with E-state index in [4.69, 9.17) is 9.47 Å². The van der Waals surface area contributed by atoms with E-state index < -0.39 is 89.4 Å². The van der Waals surface area contributed by atoms with Crippen LogP contribution in [0.5, 0.6) is 0 Å². The monoisotopic (exact) mass is 692 g/mol. The number of carbonyl (C=O) groups excluding carboxylic acids is 1. The number of hydrogen-bond donors (Lipinski definition) is 4. The third-order valence-electron chi connectivity index (χ3n) is 9.72. The van der Waals surface area contributed by atoms with Crippen LogP contribution in [0, 0.1) is 22.9 Å². The van der Waals surface area contributed by atoms with E-state index >= 15 is 0 Å². The Morgan fingerprint density at radius 3 is 2.32 bits per heavy atom. The van der Waals surface area contributed by atoms with Gasteiger partial charge < -0.3 is 30.1 Å². The average Bonchev–Trinajstić information content (AvgIpc) is 3.51. The molecule has 0 bridgehead atoms. The van der Waals surface area contributed by atoms with Gasteiger partial charge in [-0.2, -0.15) is 0 Å². The highest BCUT2D eigenvalue weighted by molar-refractivity contribution is 8.01. The Kier molecular flexibility index (Phi) is 10.6. The molecule has 47 heavy (non-hydrogen) atoms. The van der Waals surface area contributed by atoms with Crippen molar-refractivity contribution in [1.29, 1.82) is 0 Å². The molecule has 1 aliphatic heterocycles. The third kappa shape index (κ3) is 7.77. The number of nitrogens with zero attached hydrogens (tertiary/aromatic N) is 3. The minimum atomic E-state index is -2.98. The van der Waals surface area contributed by atoms with Crippen LogP contribution in [-0.2, 0) is 14.3 Å². The van der Waals surface area contributed by atoms with Crippen LogP contribution in [0.2, 0.25) is 0 Å². The molecule has 1 amide bonds. The van der Waals surface area contributed by atoms with E-state index in [1.807, 2.05) is 0 Å². The second kappa shape index (κ2) is 13.9. The van der Waals surface area contributed by atoms with E-state index in [2.05, 4.69) is 29.5 Å². The summed E-state index contributed by atoms with van der Waals surface area (Å²) in [6.45, 7) is 3.62. The zero-order valence-corrected chi connectivity index (χ0v) is 27.2. The Hall–Kier alpha value is -2.37. The summed E-state index contributed by atoms with van der Waals surface area (Å²) >= 11 is 0.850. The summed E-state index contributed by atoms with van der Waals surface area (Å²) in [4.78, 5) is 13.9. The SMILES string of the molecule is CO[C@@H]1[C@@H](n2cc(-c3cc(F)c(F)c(F)c3)nn2)[C@@H](O)[C@@H](CO)O[C@H]1S[C@H](C(=O)NC1CCC(C)(C)CC1)C1(O)CCC(F)(F)CC1. The first-order chi connectivity index (χ1) is 22.1. The number of aromatic nitrogens is 3. The second-order valence-electron chi connectivity index (χ2n) is 13.7. The summed E-state index contributed by atoms with van der Waals surface area (Å²) < 4.78 is 82.7. The van der Waals surface area contributed by atoms with Gasteiger partial charge in [0.2, 0.25) is 11.8 Å². The van der Waals surface area contributed by atoms with Gasteiger partial charge in [-0.05, 0) is 56.1 Å². The number of aliphatic hydroxyl groups excluding tert-OH is 2. The highest BCUT2D eigenvalue weighted by atomic mass is 32.2. The number of rotatable bonds is 9. The van der Waals surface area contributed by atoms with Gasteiger partial charge in [0, 0.05) is 31.6 Å². The number of ether oxygens (including phenoxy) is 2. The summed E-state index contributed by atoms with van der Waals surface area (Å²) in [5.41, 5.74) is -3.05. The van der Waals surface area contributed by atoms with Gasteiger partial charge in [0.05, 0.1) is 18.4 Å². The topological polar surface area (TPSA) is 139 Å². The Morgan fingerprint density at radius 1 is 1.13 bits per heavy atom. The average molecular weight is 693 g/mol. The van der Waals surface area contributed by atoms with Crippen molar-refractivity contribution in [3.05, 3.63) is 35.8 Å². The fourth-order valence-corrected chi connectivity index (χ4v) is 8.26. The van der Waals surface area contributed by atoms with Crippen molar-refractivity contribution < 1.29 is 51.5 Å². The molecule has 0 unspecified atom stereocenters. The first kappa shape index (κ1) is 35.9. The number of amides is 1. The molecule has 4 N–H and O–H groups in total. The normalized spacial score (nSPS) is 29.7. The van der Waals surface area contributed by atoms with Crippen LogP contribution in [0.15, 0.2) is 18.3 Å². The zero-order chi connectivity index (χ0) is 34.3. The molecule has 10 nitrogen and oxygen atoms in total. The molecule has 1 aromatic carbocycles. The number of benzene rings is 1. The van der Waals surface area contributed by atoms with Crippen molar-refractivity contribution in [2.75, 3.05) is 13.7 Å². The van der Waals surface area contributed by atoms with E-state index in [0.29, 0.717) is 12.8 Å². The maximum Gasteiger partial charge on any atom is 0.248 e. The van der Waals surface area contributed by atoms with Crippen LogP contribution in [0.25, 0.3) is 11.3 Å². The molecule has 3 aliphatic rings. The van der Waals surface area contributed by atoms with E-state index in [1.165, 1.54) is 13.3 Å². The molecule has 6 atom stereocenters. The Labute approximate surface area is 273 Å². The minimum Gasteiger partial charge on any atom is -0.394 e. The number of thioether (sulfide) groups is 1. The lowest BCUT2D eigenvalue weighted by molar-refractivity contribution is -0.186. The molecule has 3 fully saturated rings. The highest BCUT2D eigenvalue weighted by Crippen LogP contribution is 2.47. The standard InChI is InChI=1S/C31H41F5N4O6S/c1-29(2)6-4-17(5-7-29)37-27(43)26(30(44)8-10-31(35,36)11-9-30)47-28-25(45-3)23(24(42)21(15-41)46-28)40-14-20(38-39-40)16-12-18(32)22(34)19(33)13-16/h12-14,17,21,23-26,28,41-42,44H,4-11,15H2,1-3H3,(H,37,43)/t21-,23+,24+,25-,26-,28+/m1/s1. The number of carbonyl (C=O) groups is 1. The highest BCUT2D eigenvalue weighted by Gasteiger charge is 2.54. The predicted octanol–water partition coefficient (Wildman–Crippen LogP) is 4.12. The Bertz CT molecular complexity index is 1390. The van der Waals surface area contributed by atoms with Crippen molar-refractivity contribution in [2.24, 2.45) is 5.41 Å². The van der Waals surface area contributed by atoms with Crippen molar-refractivity contribution in [2.45, 2.75) is 118 Å². The molecule has 0 spiro atoms. The van der Waals surface area contributed by atoms with Crippen LogP contribution in [0.1, 0.15) is 71.3 Å². The van der Waals surface area contributed by atoms with Crippen molar-refractivity contribution in [3.8, 4) is 11.3 Å². The second-order valence-corrected chi connectivity index (χ2v) is 14.9. The van der Waals surface area contributed by atoms with E-state index in [9.17, 15) is 42.1 Å². The van der Waals surface area contributed by atoms with Gasteiger partial charge in [0.25, 0.3) is 0 Å². The minimum absolute atomic E-state index is 0.0635. The molecule has 2 aliphatic carbocycles. The quantitative estimate of drug-likeness (QED) is 0.226. The zero-order valence-electron chi connectivity index (χ0n) is 26.3. The lowest BCUT2D eigenvalue weighted by Gasteiger charge is -2.47. The molecular weight excluding hydrogens is 651 g/mol. The van der Waals surface area contributed by atoms with Gasteiger partial charge in [0.1, 0.15) is 40.7 Å². The molecule has 1 saturated heterocycles. The summed E-state index contributed by atoms with van der Waals surface area (Å²) in [7, 11) is 1.30. The van der Waals surface area contributed by atoms with Crippen LogP contribution < -0.4 is 5.32 Å². The van der Waals surface area contributed by atoms with Gasteiger partial charge in [-0.3, -0.25) is 4.79 Å². The fraction of sp³-hybridized carbons (Fsp3) is 0.710. The molecule has 2 aromatic rings. The molecular formula is C31H41F5N4O6S. The van der Waals surface area contributed by atoms with Crippen LogP contribution in [-0.4, -0.2) is 96.5 Å². The first-order valence-electron chi connectivity index (χ1n) is 15.7. The number of hydrogen-bond acceptors (Lipinski definition) is 9. The lowest BCUT2D eigenvalue weighted by Crippen LogP contribution is -2.59. The molecule has 5 rings (SSSR count). The fourth-order valence-electron chi connectivity index (χ4n) is 6.68. The molecule has 2 heterocycles. The van der Waals surface area contributed by atoms with Crippen molar-refractivity contribution in [3.63, 3.8) is 0 Å². The smallest absolute Gasteiger partial charge is 0.248 e. The molecule has 2 saturated carbocycles. The number of nitrogens with one attached hydrogen (secondary N) is 1. The summed E-state index contributed by atoms with van der Waals surface area (Å²) in [5, 5.41) is 42.8. The number of aliphatic hydroxyl groups is 3. The summed E-state index contributed by atoms with van der Waals surface area (Å²) in [5.74, 6) is -8.06. The van der Waals surface area contributed by atoms with Gasteiger partial charge in [-0.15, -0.1) is 16.9 Å². The van der Waals surface area contributed by atoms with Crippen molar-refractivity contribution in [1.82, 2.24) is 20.3 Å². The van der Waals surface area contributed by atoms with E-state index in [1.54, 1.807) is 0 Å². The van der Waals surface area contributed by atoms with Crippen LogP contribution >= 0.6 is 11.8 Å². The Morgan fingerprint density at radius 2 is 1.74 bits per heavy atom. The maximum absolute atomic E-state index is 14.2. The molecule has 0 radical (unpaired) electrons. The largest absolute Gasteiger partial charge is 0.394 e. The van der Waals surface area contributed by atoms with Gasteiger partial charge in [0.15, 0.2) is 17.5 Å². The third-order valence-corrected chi connectivity index (χ3v) is 11.3. The first-order valence-corrected chi connectivity index (χ1v) is 16.6. The van der Waals surface area contributed by atoms with Crippen molar-refractivity contribution >= 4 is 17.7 Å². The van der Waals surface area contributed by atoms with Crippen LogP contribution in [0.3, 0.4) is 0 Å². The van der Waals surface area contributed by atoms with Crippen LogP contribution in [0.4, 0.5) is 22.0 Å². The Balaban J connectivity index is 1.44. The van der Waals surface area contributed by atoms with Gasteiger partial charge in [-0.1, -0.05) is 19.1 Å². The predicted molar refractivity (Wildman–Crippen MR) is 161 cm³/mol. The van der Waals surface area contributed by atoms with E-state index in [-0.39, 0.29) is 35.6 Å². The number of alkyl halides is 2. The van der Waals surface area contributed by atoms with E-state index in [0.717, 1.165) is 41.4 Å². The lowest BCUT2D eigenvalue weighted by atomic mass is 9.75. The summed E-state index contributed by atoms with van der Waals surface area (Å²) in [6.07, 6.45) is -1.33. The maximum atomic E-state index is 14.2. The van der Waals surface area contributed by atoms with Gasteiger partial charge in [-0.25, -0.2) is 26.6 Å². The van der Waals surface area contributed by atoms with Gasteiger partial charge >= 0.3 is 0 Å². The molecule has 16 heteroatoms.